The number of likely N-dealkylation sites (tertiary alicyclic amines) is 1. The molecule has 1 saturated heterocycles. The van der Waals surface area contributed by atoms with Crippen LogP contribution in [0.2, 0.25) is 0 Å². The Morgan fingerprint density at radius 2 is 1.70 bits per heavy atom. The summed E-state index contributed by atoms with van der Waals surface area (Å²) < 4.78 is 80.2. The molecule has 1 aromatic carbocycles. The molecule has 11 heteroatoms. The predicted molar refractivity (Wildman–Crippen MR) is 127 cm³/mol. The van der Waals surface area contributed by atoms with Crippen LogP contribution in [0.5, 0.6) is 11.5 Å². The highest BCUT2D eigenvalue weighted by molar-refractivity contribution is 5.95. The first-order chi connectivity index (χ1) is 17.4. The summed E-state index contributed by atoms with van der Waals surface area (Å²) in [4.78, 5) is 17.0. The lowest BCUT2D eigenvalue weighted by Crippen LogP contribution is -2.57. The van der Waals surface area contributed by atoms with Crippen molar-refractivity contribution in [3.63, 3.8) is 0 Å². The van der Waals surface area contributed by atoms with Gasteiger partial charge in [0.05, 0.1) is 24.4 Å². The number of nitrogens with zero attached hydrogens (tertiary/aromatic N) is 3. The van der Waals surface area contributed by atoms with Gasteiger partial charge in [0.15, 0.2) is 11.5 Å². The van der Waals surface area contributed by atoms with Crippen LogP contribution in [0.4, 0.5) is 22.0 Å². The second kappa shape index (κ2) is 9.81. The van der Waals surface area contributed by atoms with Gasteiger partial charge in [0.2, 0.25) is 0 Å². The molecule has 3 heterocycles. The lowest BCUT2D eigenvalue weighted by Gasteiger charge is -2.50. The van der Waals surface area contributed by atoms with Crippen LogP contribution in [-0.2, 0) is 18.0 Å². The fourth-order valence-corrected chi connectivity index (χ4v) is 5.29. The third kappa shape index (κ3) is 4.66. The molecule has 6 nitrogen and oxygen atoms in total. The highest BCUT2D eigenvalue weighted by Crippen LogP contribution is 2.48. The summed E-state index contributed by atoms with van der Waals surface area (Å²) in [5.74, 6) is -4.16. The number of alkyl halides is 5. The summed E-state index contributed by atoms with van der Waals surface area (Å²) in [6.45, 7) is 4.95. The molecule has 0 radical (unpaired) electrons. The lowest BCUT2D eigenvalue weighted by molar-refractivity contribution is -0.292. The number of likely N-dealkylation sites (N-methyl/N-ethyl adjacent to an activating group) is 1. The van der Waals surface area contributed by atoms with Crippen LogP contribution in [0.25, 0.3) is 0 Å². The summed E-state index contributed by atoms with van der Waals surface area (Å²) in [5, 5.41) is 0. The van der Waals surface area contributed by atoms with Crippen LogP contribution in [0.15, 0.2) is 30.3 Å². The SMILES string of the molecule is CC[C@@H](C)Oc1ccc(C(=O)N2CCC3(CC2)c2ccc(C(F)(F)C(F)(F)F)n2CCN3C)cc1OC. The molecule has 2 aliphatic rings. The van der Waals surface area contributed by atoms with E-state index >= 15 is 0 Å². The minimum absolute atomic E-state index is 0.0169. The number of amides is 1. The van der Waals surface area contributed by atoms with Crippen molar-refractivity contribution in [2.75, 3.05) is 33.8 Å². The zero-order valence-electron chi connectivity index (χ0n) is 21.4. The molecule has 1 spiro atoms. The van der Waals surface area contributed by atoms with Gasteiger partial charge in [-0.3, -0.25) is 9.69 Å². The van der Waals surface area contributed by atoms with Crippen molar-refractivity contribution in [1.82, 2.24) is 14.4 Å². The van der Waals surface area contributed by atoms with E-state index in [1.165, 1.54) is 13.2 Å². The van der Waals surface area contributed by atoms with Crippen molar-refractivity contribution in [1.29, 1.82) is 0 Å². The largest absolute Gasteiger partial charge is 0.493 e. The second-order valence-corrected chi connectivity index (χ2v) is 9.78. The summed E-state index contributed by atoms with van der Waals surface area (Å²) in [6.07, 6.45) is -4.07. The monoisotopic (exact) mass is 529 g/mol. The van der Waals surface area contributed by atoms with Crippen molar-refractivity contribution in [3.05, 3.63) is 47.3 Å². The number of carbonyl (C=O) groups excluding carboxylic acids is 1. The predicted octanol–water partition coefficient (Wildman–Crippen LogP) is 5.41. The molecule has 0 bridgehead atoms. The van der Waals surface area contributed by atoms with E-state index in [9.17, 15) is 26.7 Å². The van der Waals surface area contributed by atoms with Gasteiger partial charge in [0, 0.05) is 37.4 Å². The highest BCUT2D eigenvalue weighted by atomic mass is 19.4. The Labute approximate surface area is 212 Å². The number of ether oxygens (including phenoxy) is 2. The normalized spacial score (nSPS) is 19.0. The average molecular weight is 530 g/mol. The smallest absolute Gasteiger partial charge is 0.459 e. The Hall–Kier alpha value is -2.82. The molecule has 1 aromatic heterocycles. The zero-order valence-corrected chi connectivity index (χ0v) is 21.4. The third-order valence-electron chi connectivity index (χ3n) is 7.72. The number of hydrogen-bond acceptors (Lipinski definition) is 4. The molecule has 0 aliphatic carbocycles. The number of benzene rings is 1. The molecule has 1 fully saturated rings. The first kappa shape index (κ1) is 27.2. The van der Waals surface area contributed by atoms with E-state index < -0.39 is 23.3 Å². The molecule has 0 unspecified atom stereocenters. The fraction of sp³-hybridized carbons (Fsp3) is 0.577. The number of piperidine rings is 1. The van der Waals surface area contributed by atoms with Gasteiger partial charge in [-0.15, -0.1) is 0 Å². The van der Waals surface area contributed by atoms with Crippen LogP contribution in [0.3, 0.4) is 0 Å². The van der Waals surface area contributed by atoms with Gasteiger partial charge < -0.3 is 18.9 Å². The van der Waals surface area contributed by atoms with E-state index in [-0.39, 0.29) is 18.6 Å². The van der Waals surface area contributed by atoms with Crippen LogP contribution in [0.1, 0.15) is 54.9 Å². The van der Waals surface area contributed by atoms with Crippen LogP contribution >= 0.6 is 0 Å². The Balaban J connectivity index is 1.55. The fourth-order valence-electron chi connectivity index (χ4n) is 5.29. The molecule has 0 saturated carbocycles. The number of fused-ring (bicyclic) bond motifs is 2. The van der Waals surface area contributed by atoms with Crippen molar-refractivity contribution in [2.24, 2.45) is 0 Å². The first-order valence-electron chi connectivity index (χ1n) is 12.4. The average Bonchev–Trinajstić information content (AvgIpc) is 3.32. The van der Waals surface area contributed by atoms with Crippen molar-refractivity contribution >= 4 is 5.91 Å². The number of methoxy groups -OCH3 is 1. The summed E-state index contributed by atoms with van der Waals surface area (Å²) in [6, 6.07) is 7.28. The molecule has 2 aliphatic heterocycles. The number of rotatable bonds is 6. The Morgan fingerprint density at radius 1 is 1.03 bits per heavy atom. The van der Waals surface area contributed by atoms with Gasteiger partial charge in [0.25, 0.3) is 5.91 Å². The molecule has 2 aromatic rings. The summed E-state index contributed by atoms with van der Waals surface area (Å²) >= 11 is 0. The number of halogens is 5. The zero-order chi connectivity index (χ0) is 27.2. The second-order valence-electron chi connectivity index (χ2n) is 9.78. The molecular formula is C26H32F5N3O3. The van der Waals surface area contributed by atoms with E-state index in [0.717, 1.165) is 17.1 Å². The quantitative estimate of drug-likeness (QED) is 0.470. The summed E-state index contributed by atoms with van der Waals surface area (Å²) in [7, 11) is 3.35. The van der Waals surface area contributed by atoms with Crippen LogP contribution < -0.4 is 9.47 Å². The standard InChI is InChI=1S/C26H32F5N3O3/c1-5-17(2)37-19-7-6-18(16-20(19)36-4)23(35)33-12-10-24(11-13-33)21-8-9-22(25(27,28)26(29,30)31)34(21)15-14-32(24)3/h6-9,16-17H,5,10-15H2,1-4H3/t17-/m1/s1. The lowest BCUT2D eigenvalue weighted by atomic mass is 9.81. The van der Waals surface area contributed by atoms with Crippen LogP contribution in [0, 0.1) is 0 Å². The minimum Gasteiger partial charge on any atom is -0.493 e. The van der Waals surface area contributed by atoms with Crippen molar-refractivity contribution in [2.45, 2.75) is 63.4 Å². The van der Waals surface area contributed by atoms with Crippen molar-refractivity contribution < 1.29 is 36.2 Å². The van der Waals surface area contributed by atoms with Gasteiger partial charge in [-0.1, -0.05) is 6.92 Å². The number of hydrogen-bond donors (Lipinski definition) is 0. The molecule has 1 amide bonds. The third-order valence-corrected chi connectivity index (χ3v) is 7.72. The maximum atomic E-state index is 14.2. The van der Waals surface area contributed by atoms with Gasteiger partial charge in [-0.05, 0) is 63.6 Å². The Morgan fingerprint density at radius 3 is 2.30 bits per heavy atom. The first-order valence-corrected chi connectivity index (χ1v) is 12.4. The highest BCUT2D eigenvalue weighted by Gasteiger charge is 2.61. The van der Waals surface area contributed by atoms with E-state index in [1.54, 1.807) is 23.1 Å². The van der Waals surface area contributed by atoms with E-state index in [2.05, 4.69) is 0 Å². The van der Waals surface area contributed by atoms with Gasteiger partial charge in [-0.25, -0.2) is 0 Å². The Bertz CT molecular complexity index is 1140. The topological polar surface area (TPSA) is 46.9 Å². The van der Waals surface area contributed by atoms with E-state index in [0.29, 0.717) is 55.2 Å². The summed E-state index contributed by atoms with van der Waals surface area (Å²) in [5.41, 5.74) is -0.911. The Kier molecular flexibility index (Phi) is 7.22. The van der Waals surface area contributed by atoms with Crippen LogP contribution in [-0.4, -0.2) is 66.3 Å². The number of carbonyl (C=O) groups is 1. The molecule has 1 atom stereocenters. The molecule has 37 heavy (non-hydrogen) atoms. The van der Waals surface area contributed by atoms with Gasteiger partial charge in [-0.2, -0.15) is 22.0 Å². The molecular weight excluding hydrogens is 497 g/mol. The maximum Gasteiger partial charge on any atom is 0.459 e. The van der Waals surface area contributed by atoms with Crippen molar-refractivity contribution in [3.8, 4) is 11.5 Å². The van der Waals surface area contributed by atoms with Gasteiger partial charge >= 0.3 is 12.1 Å². The molecule has 0 N–H and O–H groups in total. The van der Waals surface area contributed by atoms with E-state index in [1.807, 2.05) is 25.8 Å². The molecule has 204 valence electrons. The van der Waals surface area contributed by atoms with Gasteiger partial charge in [0.1, 0.15) is 0 Å². The molecule has 4 rings (SSSR count). The number of aromatic nitrogens is 1. The van der Waals surface area contributed by atoms with E-state index in [4.69, 9.17) is 9.47 Å². The maximum absolute atomic E-state index is 14.2. The minimum atomic E-state index is -5.68.